The molecule has 27 heavy (non-hydrogen) atoms. The Morgan fingerprint density at radius 1 is 1.04 bits per heavy atom. The van der Waals surface area contributed by atoms with Gasteiger partial charge in [-0.1, -0.05) is 73.1 Å². The number of benzene rings is 2. The normalized spacial score (nSPS) is 11.9. The molecule has 1 aromatic heterocycles. The molecule has 0 spiro atoms. The van der Waals surface area contributed by atoms with Gasteiger partial charge in [0.1, 0.15) is 0 Å². The molecule has 140 valence electrons. The van der Waals surface area contributed by atoms with E-state index in [1.165, 1.54) is 5.56 Å². The van der Waals surface area contributed by atoms with Crippen LogP contribution in [0, 0.1) is 0 Å². The molecule has 1 heterocycles. The molecule has 2 aromatic carbocycles. The van der Waals surface area contributed by atoms with Gasteiger partial charge in [0.2, 0.25) is 17.6 Å². The Labute approximate surface area is 159 Å². The number of carbonyl (C=O) groups excluding carboxylic acids is 1. The zero-order chi connectivity index (χ0) is 19.1. The molecule has 0 fully saturated rings. The highest BCUT2D eigenvalue weighted by atomic mass is 16.5. The quantitative estimate of drug-likeness (QED) is 0.633. The molecule has 0 aliphatic rings. The summed E-state index contributed by atoms with van der Waals surface area (Å²) in [6.07, 6.45) is 2.83. The van der Waals surface area contributed by atoms with Crippen molar-refractivity contribution in [3.63, 3.8) is 0 Å². The van der Waals surface area contributed by atoms with E-state index in [-0.39, 0.29) is 11.9 Å². The van der Waals surface area contributed by atoms with Gasteiger partial charge in [-0.2, -0.15) is 4.98 Å². The van der Waals surface area contributed by atoms with E-state index < -0.39 is 0 Å². The van der Waals surface area contributed by atoms with Crippen molar-refractivity contribution in [1.29, 1.82) is 0 Å². The number of aryl methyl sites for hydroxylation is 1. The standard InChI is InChI=1S/C22H25N3O2/c1-3-7-16(2)23-20(26)14-15-21-24-22(25-27-21)19-12-10-18(11-13-19)17-8-5-4-6-9-17/h4-6,8-13,16H,3,7,14-15H2,1-2H3,(H,23,26)/t16-/m1/s1. The molecule has 0 unspecified atom stereocenters. The first-order chi connectivity index (χ1) is 13.2. The number of amides is 1. The minimum atomic E-state index is 0.0166. The van der Waals surface area contributed by atoms with E-state index in [0.717, 1.165) is 24.0 Å². The van der Waals surface area contributed by atoms with Gasteiger partial charge in [-0.3, -0.25) is 4.79 Å². The van der Waals surface area contributed by atoms with Crippen molar-refractivity contribution in [3.05, 3.63) is 60.5 Å². The van der Waals surface area contributed by atoms with Crippen LogP contribution in [0.15, 0.2) is 59.1 Å². The lowest BCUT2D eigenvalue weighted by molar-refractivity contribution is -0.121. The van der Waals surface area contributed by atoms with Gasteiger partial charge in [0.25, 0.3) is 0 Å². The number of carbonyl (C=O) groups is 1. The fraction of sp³-hybridized carbons (Fsp3) is 0.318. The van der Waals surface area contributed by atoms with Gasteiger partial charge in [-0.15, -0.1) is 0 Å². The first-order valence-corrected chi connectivity index (χ1v) is 9.43. The third-order valence-corrected chi connectivity index (χ3v) is 4.41. The van der Waals surface area contributed by atoms with Gasteiger partial charge in [0, 0.05) is 24.4 Å². The van der Waals surface area contributed by atoms with Crippen LogP contribution in [0.25, 0.3) is 22.5 Å². The Bertz CT molecular complexity index is 857. The van der Waals surface area contributed by atoms with Gasteiger partial charge >= 0.3 is 0 Å². The molecule has 1 atom stereocenters. The summed E-state index contributed by atoms with van der Waals surface area (Å²) < 4.78 is 5.30. The SMILES string of the molecule is CCC[C@@H](C)NC(=O)CCc1nc(-c2ccc(-c3ccccc3)cc2)no1. The number of nitrogens with zero attached hydrogens (tertiary/aromatic N) is 2. The molecule has 3 aromatic rings. The highest BCUT2D eigenvalue weighted by Crippen LogP contribution is 2.23. The maximum absolute atomic E-state index is 11.9. The largest absolute Gasteiger partial charge is 0.354 e. The molecule has 5 nitrogen and oxygen atoms in total. The summed E-state index contributed by atoms with van der Waals surface area (Å²) in [4.78, 5) is 16.4. The lowest BCUT2D eigenvalue weighted by atomic mass is 10.0. The van der Waals surface area contributed by atoms with Gasteiger partial charge < -0.3 is 9.84 Å². The van der Waals surface area contributed by atoms with Crippen LogP contribution < -0.4 is 5.32 Å². The molecule has 5 heteroatoms. The minimum absolute atomic E-state index is 0.0166. The van der Waals surface area contributed by atoms with Gasteiger partial charge in [0.15, 0.2) is 0 Å². The molecule has 1 N–H and O–H groups in total. The second-order valence-electron chi connectivity index (χ2n) is 6.71. The molecule has 0 saturated heterocycles. The Morgan fingerprint density at radius 2 is 1.70 bits per heavy atom. The third-order valence-electron chi connectivity index (χ3n) is 4.41. The van der Waals surface area contributed by atoms with Crippen LogP contribution in [0.4, 0.5) is 0 Å². The van der Waals surface area contributed by atoms with Crippen molar-refractivity contribution in [2.45, 2.75) is 45.6 Å². The van der Waals surface area contributed by atoms with Gasteiger partial charge in [0.05, 0.1) is 0 Å². The summed E-state index contributed by atoms with van der Waals surface area (Å²) in [6, 6.07) is 18.5. The first-order valence-electron chi connectivity index (χ1n) is 9.43. The van der Waals surface area contributed by atoms with Crippen molar-refractivity contribution in [2.75, 3.05) is 0 Å². The van der Waals surface area contributed by atoms with Crippen LogP contribution in [0.3, 0.4) is 0 Å². The highest BCUT2D eigenvalue weighted by molar-refractivity contribution is 5.76. The molecule has 0 aliphatic carbocycles. The summed E-state index contributed by atoms with van der Waals surface area (Å²) in [6.45, 7) is 4.13. The fourth-order valence-electron chi connectivity index (χ4n) is 2.99. The third kappa shape index (κ3) is 5.26. The molecule has 1 amide bonds. The average molecular weight is 363 g/mol. The maximum atomic E-state index is 11.9. The van der Waals surface area contributed by atoms with E-state index in [2.05, 4.69) is 34.5 Å². The smallest absolute Gasteiger partial charge is 0.227 e. The first kappa shape index (κ1) is 18.8. The Hall–Kier alpha value is -2.95. The lowest BCUT2D eigenvalue weighted by Crippen LogP contribution is -2.32. The van der Waals surface area contributed by atoms with Crippen molar-refractivity contribution in [3.8, 4) is 22.5 Å². The molecule has 0 aliphatic heterocycles. The van der Waals surface area contributed by atoms with E-state index in [9.17, 15) is 4.79 Å². The molecular weight excluding hydrogens is 338 g/mol. The zero-order valence-electron chi connectivity index (χ0n) is 15.8. The van der Waals surface area contributed by atoms with Crippen LogP contribution >= 0.6 is 0 Å². The van der Waals surface area contributed by atoms with E-state index in [1.54, 1.807) is 0 Å². The van der Waals surface area contributed by atoms with Crippen LogP contribution in [-0.4, -0.2) is 22.1 Å². The van der Waals surface area contributed by atoms with Crippen molar-refractivity contribution >= 4 is 5.91 Å². The molecule has 0 bridgehead atoms. The summed E-state index contributed by atoms with van der Waals surface area (Å²) >= 11 is 0. The molecular formula is C22H25N3O2. The summed E-state index contributed by atoms with van der Waals surface area (Å²) in [5, 5.41) is 7.02. The predicted octanol–water partition coefficient (Wildman–Crippen LogP) is 4.64. The van der Waals surface area contributed by atoms with E-state index in [4.69, 9.17) is 4.52 Å². The van der Waals surface area contributed by atoms with Gasteiger partial charge in [-0.05, 0) is 24.5 Å². The summed E-state index contributed by atoms with van der Waals surface area (Å²) in [5.74, 6) is 1.04. The topological polar surface area (TPSA) is 68.0 Å². The van der Waals surface area contributed by atoms with Crippen LogP contribution in [0.2, 0.25) is 0 Å². The summed E-state index contributed by atoms with van der Waals surface area (Å²) in [5.41, 5.74) is 3.20. The van der Waals surface area contributed by atoms with E-state index in [0.29, 0.717) is 24.6 Å². The second kappa shape index (κ2) is 9.12. The van der Waals surface area contributed by atoms with E-state index in [1.807, 2.05) is 49.4 Å². The lowest BCUT2D eigenvalue weighted by Gasteiger charge is -2.11. The van der Waals surface area contributed by atoms with Crippen molar-refractivity contribution in [2.24, 2.45) is 0 Å². The number of rotatable bonds is 8. The van der Waals surface area contributed by atoms with Crippen LogP contribution in [0.5, 0.6) is 0 Å². The summed E-state index contributed by atoms with van der Waals surface area (Å²) in [7, 11) is 0. The Kier molecular flexibility index (Phi) is 6.36. The highest BCUT2D eigenvalue weighted by Gasteiger charge is 2.12. The minimum Gasteiger partial charge on any atom is -0.354 e. The van der Waals surface area contributed by atoms with Crippen LogP contribution in [0.1, 0.15) is 39.0 Å². The molecule has 0 radical (unpaired) electrons. The molecule has 0 saturated carbocycles. The number of aromatic nitrogens is 2. The maximum Gasteiger partial charge on any atom is 0.227 e. The zero-order valence-corrected chi connectivity index (χ0v) is 15.8. The fourth-order valence-corrected chi connectivity index (χ4v) is 2.99. The van der Waals surface area contributed by atoms with Gasteiger partial charge in [-0.25, -0.2) is 0 Å². The van der Waals surface area contributed by atoms with Crippen molar-refractivity contribution < 1.29 is 9.32 Å². The Morgan fingerprint density at radius 3 is 2.41 bits per heavy atom. The van der Waals surface area contributed by atoms with E-state index >= 15 is 0 Å². The monoisotopic (exact) mass is 363 g/mol. The Balaban J connectivity index is 1.58. The van der Waals surface area contributed by atoms with Crippen molar-refractivity contribution in [1.82, 2.24) is 15.5 Å². The molecule has 3 rings (SSSR count). The number of nitrogens with one attached hydrogen (secondary N) is 1. The predicted molar refractivity (Wildman–Crippen MR) is 106 cm³/mol. The van der Waals surface area contributed by atoms with Crippen LogP contribution in [-0.2, 0) is 11.2 Å². The second-order valence-corrected chi connectivity index (χ2v) is 6.71. The average Bonchev–Trinajstić information content (AvgIpc) is 3.16. The number of hydrogen-bond acceptors (Lipinski definition) is 4. The number of hydrogen-bond donors (Lipinski definition) is 1.